The van der Waals surface area contributed by atoms with Crippen molar-refractivity contribution < 1.29 is 4.74 Å². The summed E-state index contributed by atoms with van der Waals surface area (Å²) in [6.07, 6.45) is 2.72. The van der Waals surface area contributed by atoms with Crippen LogP contribution in [0.5, 0.6) is 5.75 Å². The SMILES string of the molecule is CC(C)Oc1cccc(CC2CCNC2)c1. The Labute approximate surface area is 98.0 Å². The molecule has 1 fully saturated rings. The van der Waals surface area contributed by atoms with Gasteiger partial charge in [0.15, 0.2) is 0 Å². The summed E-state index contributed by atoms with van der Waals surface area (Å²) in [5.41, 5.74) is 1.40. The molecule has 2 rings (SSSR count). The quantitative estimate of drug-likeness (QED) is 0.840. The molecule has 0 aromatic heterocycles. The summed E-state index contributed by atoms with van der Waals surface area (Å²) in [5.74, 6) is 1.80. The molecule has 0 saturated carbocycles. The second kappa shape index (κ2) is 5.35. The van der Waals surface area contributed by atoms with Gasteiger partial charge in [0.2, 0.25) is 0 Å². The number of nitrogens with one attached hydrogen (secondary N) is 1. The second-order valence-corrected chi connectivity index (χ2v) is 4.88. The van der Waals surface area contributed by atoms with Crippen molar-refractivity contribution >= 4 is 0 Å². The Hall–Kier alpha value is -1.02. The van der Waals surface area contributed by atoms with E-state index in [1.807, 2.05) is 6.07 Å². The number of benzene rings is 1. The van der Waals surface area contributed by atoms with Gasteiger partial charge < -0.3 is 10.1 Å². The predicted molar refractivity (Wildman–Crippen MR) is 66.9 cm³/mol. The number of rotatable bonds is 4. The Bertz CT molecular complexity index is 329. The smallest absolute Gasteiger partial charge is 0.119 e. The Morgan fingerprint density at radius 3 is 3.00 bits per heavy atom. The van der Waals surface area contributed by atoms with Gasteiger partial charge in [0.25, 0.3) is 0 Å². The van der Waals surface area contributed by atoms with Crippen molar-refractivity contribution in [3.8, 4) is 5.75 Å². The third-order valence-electron chi connectivity index (χ3n) is 2.96. The topological polar surface area (TPSA) is 21.3 Å². The molecular weight excluding hydrogens is 198 g/mol. The van der Waals surface area contributed by atoms with E-state index in [1.165, 1.54) is 24.9 Å². The zero-order chi connectivity index (χ0) is 11.4. The lowest BCUT2D eigenvalue weighted by molar-refractivity contribution is 0.242. The summed E-state index contributed by atoms with van der Waals surface area (Å²) in [6, 6.07) is 8.51. The Kier molecular flexibility index (Phi) is 3.83. The van der Waals surface area contributed by atoms with Crippen molar-refractivity contribution in [2.24, 2.45) is 5.92 Å². The highest BCUT2D eigenvalue weighted by molar-refractivity contribution is 5.29. The van der Waals surface area contributed by atoms with Gasteiger partial charge in [-0.1, -0.05) is 12.1 Å². The Morgan fingerprint density at radius 1 is 1.44 bits per heavy atom. The van der Waals surface area contributed by atoms with Crippen molar-refractivity contribution in [1.82, 2.24) is 5.32 Å². The molecule has 0 spiro atoms. The van der Waals surface area contributed by atoms with Crippen molar-refractivity contribution in [2.75, 3.05) is 13.1 Å². The molecule has 1 aromatic carbocycles. The van der Waals surface area contributed by atoms with Gasteiger partial charge in [-0.3, -0.25) is 0 Å². The summed E-state index contributed by atoms with van der Waals surface area (Å²) in [6.45, 7) is 6.46. The van der Waals surface area contributed by atoms with Crippen LogP contribution in [-0.4, -0.2) is 19.2 Å². The summed E-state index contributed by atoms with van der Waals surface area (Å²) in [4.78, 5) is 0. The van der Waals surface area contributed by atoms with Gasteiger partial charge >= 0.3 is 0 Å². The fourth-order valence-electron chi connectivity index (χ4n) is 2.24. The molecule has 0 amide bonds. The summed E-state index contributed by atoms with van der Waals surface area (Å²) >= 11 is 0. The maximum atomic E-state index is 5.70. The van der Waals surface area contributed by atoms with Crippen LogP contribution in [0.2, 0.25) is 0 Å². The molecule has 16 heavy (non-hydrogen) atoms. The maximum absolute atomic E-state index is 5.70. The monoisotopic (exact) mass is 219 g/mol. The average molecular weight is 219 g/mol. The van der Waals surface area contributed by atoms with E-state index in [4.69, 9.17) is 4.74 Å². The summed E-state index contributed by atoms with van der Waals surface area (Å²) in [5, 5.41) is 3.41. The first-order chi connectivity index (χ1) is 7.74. The molecule has 88 valence electrons. The van der Waals surface area contributed by atoms with E-state index in [0.717, 1.165) is 18.2 Å². The Balaban J connectivity index is 1.97. The molecule has 1 aliphatic rings. The fourth-order valence-corrected chi connectivity index (χ4v) is 2.24. The lowest BCUT2D eigenvalue weighted by Gasteiger charge is -2.12. The lowest BCUT2D eigenvalue weighted by Crippen LogP contribution is -2.11. The number of ether oxygens (including phenoxy) is 1. The molecule has 1 aliphatic heterocycles. The minimum atomic E-state index is 0.253. The van der Waals surface area contributed by atoms with Gasteiger partial charge in [-0.25, -0.2) is 0 Å². The van der Waals surface area contributed by atoms with Crippen LogP contribution in [0.4, 0.5) is 0 Å². The van der Waals surface area contributed by atoms with Crippen LogP contribution in [0.3, 0.4) is 0 Å². The predicted octanol–water partition coefficient (Wildman–Crippen LogP) is 2.63. The third kappa shape index (κ3) is 3.24. The first kappa shape index (κ1) is 11.5. The van der Waals surface area contributed by atoms with Gasteiger partial charge in [0.1, 0.15) is 5.75 Å². The number of hydrogen-bond acceptors (Lipinski definition) is 2. The molecule has 2 nitrogen and oxygen atoms in total. The van der Waals surface area contributed by atoms with E-state index in [9.17, 15) is 0 Å². The summed E-state index contributed by atoms with van der Waals surface area (Å²) < 4.78 is 5.70. The molecule has 1 saturated heterocycles. The van der Waals surface area contributed by atoms with Crippen molar-refractivity contribution in [3.05, 3.63) is 29.8 Å². The van der Waals surface area contributed by atoms with Crippen LogP contribution in [0.1, 0.15) is 25.8 Å². The van der Waals surface area contributed by atoms with Crippen LogP contribution in [0.15, 0.2) is 24.3 Å². The molecular formula is C14H21NO. The zero-order valence-corrected chi connectivity index (χ0v) is 10.2. The van der Waals surface area contributed by atoms with E-state index < -0.39 is 0 Å². The molecule has 0 aliphatic carbocycles. The van der Waals surface area contributed by atoms with Gasteiger partial charge in [-0.15, -0.1) is 0 Å². The first-order valence-corrected chi connectivity index (χ1v) is 6.20. The van der Waals surface area contributed by atoms with Crippen LogP contribution in [0, 0.1) is 5.92 Å². The first-order valence-electron chi connectivity index (χ1n) is 6.20. The number of hydrogen-bond donors (Lipinski definition) is 1. The molecule has 1 heterocycles. The zero-order valence-electron chi connectivity index (χ0n) is 10.2. The summed E-state index contributed by atoms with van der Waals surface area (Å²) in [7, 11) is 0. The Morgan fingerprint density at radius 2 is 2.31 bits per heavy atom. The van der Waals surface area contributed by atoms with Crippen LogP contribution in [0.25, 0.3) is 0 Å². The molecule has 1 aromatic rings. The minimum absolute atomic E-state index is 0.253. The molecule has 0 bridgehead atoms. The average Bonchev–Trinajstić information content (AvgIpc) is 2.70. The highest BCUT2D eigenvalue weighted by Gasteiger charge is 2.14. The van der Waals surface area contributed by atoms with E-state index >= 15 is 0 Å². The largest absolute Gasteiger partial charge is 0.491 e. The molecule has 1 unspecified atom stereocenters. The third-order valence-corrected chi connectivity index (χ3v) is 2.96. The lowest BCUT2D eigenvalue weighted by atomic mass is 9.99. The highest BCUT2D eigenvalue weighted by Crippen LogP contribution is 2.20. The minimum Gasteiger partial charge on any atom is -0.491 e. The molecule has 1 N–H and O–H groups in total. The van der Waals surface area contributed by atoms with Crippen LogP contribution >= 0.6 is 0 Å². The van der Waals surface area contributed by atoms with Gasteiger partial charge in [-0.05, 0) is 63.4 Å². The fraction of sp³-hybridized carbons (Fsp3) is 0.571. The van der Waals surface area contributed by atoms with Gasteiger partial charge in [0, 0.05) is 0 Å². The van der Waals surface area contributed by atoms with Crippen molar-refractivity contribution in [3.63, 3.8) is 0 Å². The van der Waals surface area contributed by atoms with Crippen LogP contribution in [-0.2, 0) is 6.42 Å². The van der Waals surface area contributed by atoms with E-state index in [-0.39, 0.29) is 6.10 Å². The van der Waals surface area contributed by atoms with E-state index in [0.29, 0.717) is 0 Å². The van der Waals surface area contributed by atoms with Gasteiger partial charge in [0.05, 0.1) is 6.10 Å². The molecule has 1 atom stereocenters. The van der Waals surface area contributed by atoms with Crippen LogP contribution < -0.4 is 10.1 Å². The van der Waals surface area contributed by atoms with Crippen molar-refractivity contribution in [1.29, 1.82) is 0 Å². The highest BCUT2D eigenvalue weighted by atomic mass is 16.5. The van der Waals surface area contributed by atoms with Gasteiger partial charge in [-0.2, -0.15) is 0 Å². The normalized spacial score (nSPS) is 20.3. The van der Waals surface area contributed by atoms with E-state index in [2.05, 4.69) is 37.4 Å². The molecule has 2 heteroatoms. The van der Waals surface area contributed by atoms with E-state index in [1.54, 1.807) is 0 Å². The second-order valence-electron chi connectivity index (χ2n) is 4.88. The maximum Gasteiger partial charge on any atom is 0.119 e. The standard InChI is InChI=1S/C14H21NO/c1-11(2)16-14-5-3-4-12(9-14)8-13-6-7-15-10-13/h3-5,9,11,13,15H,6-8,10H2,1-2H3. The van der Waals surface area contributed by atoms with Crippen molar-refractivity contribution in [2.45, 2.75) is 32.8 Å². The molecule has 0 radical (unpaired) electrons.